The van der Waals surface area contributed by atoms with Crippen molar-refractivity contribution < 1.29 is 9.90 Å². The first-order valence-electron chi connectivity index (χ1n) is 9.55. The Bertz CT molecular complexity index is 838. The van der Waals surface area contributed by atoms with Crippen molar-refractivity contribution >= 4 is 16.8 Å². The second-order valence-corrected chi connectivity index (χ2v) is 9.21. The minimum absolute atomic E-state index is 0.0163. The van der Waals surface area contributed by atoms with E-state index in [0.717, 1.165) is 29.3 Å². The van der Waals surface area contributed by atoms with Crippen LogP contribution < -0.4 is 5.32 Å². The lowest BCUT2D eigenvalue weighted by Crippen LogP contribution is -2.42. The first kappa shape index (κ1) is 17.5. The Hall–Kier alpha value is -1.94. The highest BCUT2D eigenvalue weighted by molar-refractivity contribution is 5.85. The summed E-state index contributed by atoms with van der Waals surface area (Å²) in [5, 5.41) is 14.2. The van der Waals surface area contributed by atoms with Gasteiger partial charge in [-0.15, -0.1) is 0 Å². The van der Waals surface area contributed by atoms with Gasteiger partial charge in [0.25, 0.3) is 0 Å². The summed E-state index contributed by atoms with van der Waals surface area (Å²) in [6, 6.07) is 10.1. The van der Waals surface area contributed by atoms with Crippen LogP contribution in [0.15, 0.2) is 36.5 Å². The summed E-state index contributed by atoms with van der Waals surface area (Å²) in [7, 11) is 0. The smallest absolute Gasteiger partial charge is 0.224 e. The number of amides is 1. The molecule has 4 heteroatoms. The molecule has 138 valence electrons. The van der Waals surface area contributed by atoms with E-state index >= 15 is 0 Å². The number of fused-ring (bicyclic) bond motifs is 1. The second kappa shape index (κ2) is 5.78. The van der Waals surface area contributed by atoms with Gasteiger partial charge in [-0.05, 0) is 47.3 Å². The molecule has 1 amide bonds. The van der Waals surface area contributed by atoms with E-state index in [2.05, 4.69) is 44.1 Å². The molecule has 1 unspecified atom stereocenters. The van der Waals surface area contributed by atoms with Gasteiger partial charge >= 0.3 is 0 Å². The highest BCUT2D eigenvalue weighted by atomic mass is 16.3. The highest BCUT2D eigenvalue weighted by Gasteiger charge is 2.68. The number of carbonyl (C=O) groups is 1. The number of carbonyl (C=O) groups excluding carboxylic acids is 1. The Kier molecular flexibility index (Phi) is 3.88. The number of aromatic nitrogens is 1. The Balaban J connectivity index is 1.61. The summed E-state index contributed by atoms with van der Waals surface area (Å²) in [4.78, 5) is 17.6. The fraction of sp³-hybridized carbons (Fsp3) is 0.545. The summed E-state index contributed by atoms with van der Waals surface area (Å²) in [5.74, 6) is 0.414. The average molecular weight is 352 g/mol. The molecule has 0 spiro atoms. The number of aliphatic hydroxyl groups is 1. The molecule has 2 aliphatic rings. The van der Waals surface area contributed by atoms with E-state index in [0.29, 0.717) is 0 Å². The Morgan fingerprint density at radius 3 is 2.46 bits per heavy atom. The minimum atomic E-state index is -0.248. The molecule has 4 nitrogen and oxygen atoms in total. The average Bonchev–Trinajstić information content (AvgIpc) is 2.98. The fourth-order valence-electron chi connectivity index (χ4n) is 4.72. The van der Waals surface area contributed by atoms with Crippen molar-refractivity contribution in [1.29, 1.82) is 0 Å². The lowest BCUT2D eigenvalue weighted by atomic mass is 9.75. The van der Waals surface area contributed by atoms with Gasteiger partial charge in [-0.25, -0.2) is 0 Å². The van der Waals surface area contributed by atoms with Gasteiger partial charge in [0, 0.05) is 17.5 Å². The minimum Gasteiger partial charge on any atom is -0.393 e. The maximum absolute atomic E-state index is 13.0. The molecule has 26 heavy (non-hydrogen) atoms. The number of pyridine rings is 1. The predicted octanol–water partition coefficient (Wildman–Crippen LogP) is 3.85. The maximum atomic E-state index is 13.0. The van der Waals surface area contributed by atoms with Crippen molar-refractivity contribution in [2.75, 3.05) is 0 Å². The van der Waals surface area contributed by atoms with Crippen LogP contribution in [0.5, 0.6) is 0 Å². The number of nitrogens with one attached hydrogen (secondary N) is 1. The van der Waals surface area contributed by atoms with Gasteiger partial charge in [0.2, 0.25) is 5.91 Å². The molecule has 1 aromatic heterocycles. The lowest BCUT2D eigenvalue weighted by molar-refractivity contribution is -0.125. The number of aliphatic hydroxyl groups excluding tert-OH is 1. The highest BCUT2D eigenvalue weighted by Crippen LogP contribution is 2.68. The first-order valence-corrected chi connectivity index (χ1v) is 9.55. The molecule has 1 atom stereocenters. The molecule has 0 radical (unpaired) electrons. The van der Waals surface area contributed by atoms with Crippen molar-refractivity contribution in [3.8, 4) is 0 Å². The van der Waals surface area contributed by atoms with Gasteiger partial charge in [0.05, 0.1) is 17.7 Å². The van der Waals surface area contributed by atoms with Crippen LogP contribution in [0.3, 0.4) is 0 Å². The number of hydrogen-bond acceptors (Lipinski definition) is 3. The topological polar surface area (TPSA) is 62.2 Å². The zero-order valence-electron chi connectivity index (χ0n) is 16.0. The fourth-order valence-corrected chi connectivity index (χ4v) is 4.72. The monoisotopic (exact) mass is 352 g/mol. The molecular formula is C22H28N2O2. The molecule has 4 rings (SSSR count). The molecule has 0 saturated heterocycles. The Morgan fingerprint density at radius 2 is 1.85 bits per heavy atom. The molecule has 1 aromatic carbocycles. The third-order valence-corrected chi connectivity index (χ3v) is 7.17. The van der Waals surface area contributed by atoms with Crippen LogP contribution >= 0.6 is 0 Å². The largest absolute Gasteiger partial charge is 0.393 e. The van der Waals surface area contributed by atoms with Gasteiger partial charge in [0.1, 0.15) is 0 Å². The molecule has 1 heterocycles. The number of para-hydroxylation sites is 1. The predicted molar refractivity (Wildman–Crippen MR) is 102 cm³/mol. The van der Waals surface area contributed by atoms with E-state index in [4.69, 9.17) is 0 Å². The van der Waals surface area contributed by atoms with E-state index in [1.807, 2.05) is 30.5 Å². The van der Waals surface area contributed by atoms with Crippen LogP contribution in [-0.4, -0.2) is 22.1 Å². The van der Waals surface area contributed by atoms with Crippen LogP contribution in [0.1, 0.15) is 52.1 Å². The van der Waals surface area contributed by atoms with Crippen molar-refractivity contribution in [3.05, 3.63) is 42.1 Å². The van der Waals surface area contributed by atoms with Gasteiger partial charge in [-0.2, -0.15) is 0 Å². The van der Waals surface area contributed by atoms with Crippen molar-refractivity contribution in [2.24, 2.45) is 22.7 Å². The molecule has 2 aromatic rings. The van der Waals surface area contributed by atoms with E-state index in [1.54, 1.807) is 0 Å². The molecule has 2 saturated carbocycles. The molecule has 2 N–H and O–H groups in total. The van der Waals surface area contributed by atoms with Crippen molar-refractivity contribution in [1.82, 2.24) is 10.3 Å². The second-order valence-electron chi connectivity index (χ2n) is 9.21. The summed E-state index contributed by atoms with van der Waals surface area (Å²) in [6.45, 7) is 8.65. The number of nitrogens with zero attached hydrogens (tertiary/aromatic N) is 1. The van der Waals surface area contributed by atoms with Crippen LogP contribution in [0.25, 0.3) is 10.9 Å². The third-order valence-electron chi connectivity index (χ3n) is 7.17. The summed E-state index contributed by atoms with van der Waals surface area (Å²) >= 11 is 0. The lowest BCUT2D eigenvalue weighted by Gasteiger charge is -2.38. The van der Waals surface area contributed by atoms with Crippen LogP contribution in [0.4, 0.5) is 0 Å². The quantitative estimate of drug-likeness (QED) is 0.879. The maximum Gasteiger partial charge on any atom is 0.224 e. The first-order chi connectivity index (χ1) is 12.2. The zero-order valence-corrected chi connectivity index (χ0v) is 16.0. The van der Waals surface area contributed by atoms with Crippen LogP contribution in [0.2, 0.25) is 0 Å². The zero-order chi connectivity index (χ0) is 18.7. The normalized spacial score (nSPS) is 27.6. The third kappa shape index (κ3) is 2.62. The Labute approximate surface area is 155 Å². The van der Waals surface area contributed by atoms with E-state index in [-0.39, 0.29) is 40.7 Å². The summed E-state index contributed by atoms with van der Waals surface area (Å²) < 4.78 is 0. The number of hydrogen-bond donors (Lipinski definition) is 2. The SMILES string of the molecule is CC1(C)C(C(=O)NC(c2cnc3ccccc3c2)C2CC(O)C2)C1(C)C. The number of rotatable bonds is 4. The summed E-state index contributed by atoms with van der Waals surface area (Å²) in [6.07, 6.45) is 3.09. The number of benzene rings is 1. The van der Waals surface area contributed by atoms with Gasteiger partial charge in [-0.1, -0.05) is 45.9 Å². The standard InChI is InChI=1S/C22H28N2O2/c1-21(2)19(22(21,3)4)20(26)24-18(14-10-16(25)11-14)15-9-13-7-5-6-8-17(13)23-12-15/h5-9,12,14,16,18-19,25H,10-11H2,1-4H3,(H,24,26). The summed E-state index contributed by atoms with van der Waals surface area (Å²) in [5.41, 5.74) is 2.02. The molecular weight excluding hydrogens is 324 g/mol. The van der Waals surface area contributed by atoms with Gasteiger partial charge < -0.3 is 10.4 Å². The van der Waals surface area contributed by atoms with E-state index < -0.39 is 0 Å². The van der Waals surface area contributed by atoms with E-state index in [9.17, 15) is 9.90 Å². The Morgan fingerprint density at radius 1 is 1.19 bits per heavy atom. The van der Waals surface area contributed by atoms with Crippen LogP contribution in [0, 0.1) is 22.7 Å². The van der Waals surface area contributed by atoms with Crippen molar-refractivity contribution in [3.63, 3.8) is 0 Å². The van der Waals surface area contributed by atoms with Crippen LogP contribution in [-0.2, 0) is 4.79 Å². The van der Waals surface area contributed by atoms with Crippen molar-refractivity contribution in [2.45, 2.75) is 52.7 Å². The molecule has 0 bridgehead atoms. The molecule has 2 aliphatic carbocycles. The van der Waals surface area contributed by atoms with Gasteiger partial charge in [-0.3, -0.25) is 9.78 Å². The van der Waals surface area contributed by atoms with Gasteiger partial charge in [0.15, 0.2) is 0 Å². The molecule has 2 fully saturated rings. The van der Waals surface area contributed by atoms with E-state index in [1.165, 1.54) is 0 Å². The molecule has 0 aliphatic heterocycles.